The fourth-order valence-corrected chi connectivity index (χ4v) is 2.51. The SMILES string of the molecule is CCOc1nc(N)nc2ccc(-c3cc(C(F)(F)F)cc(C(F)(F)F)c3)nc12. The summed E-state index contributed by atoms with van der Waals surface area (Å²) in [5.74, 6) is -0.126. The average Bonchev–Trinajstić information content (AvgIpc) is 2.59. The van der Waals surface area contributed by atoms with E-state index in [1.807, 2.05) is 0 Å². The van der Waals surface area contributed by atoms with Crippen LogP contribution >= 0.6 is 0 Å². The molecule has 0 fully saturated rings. The van der Waals surface area contributed by atoms with Gasteiger partial charge in [-0.2, -0.15) is 31.3 Å². The molecule has 2 aromatic heterocycles. The molecule has 11 heteroatoms. The Morgan fingerprint density at radius 1 is 0.893 bits per heavy atom. The molecule has 1 aromatic carbocycles. The number of anilines is 1. The topological polar surface area (TPSA) is 73.9 Å². The number of aromatic nitrogens is 3. The second kappa shape index (κ2) is 6.80. The molecular formula is C17H12F6N4O. The first-order valence-electron chi connectivity index (χ1n) is 7.86. The van der Waals surface area contributed by atoms with Gasteiger partial charge in [0.15, 0.2) is 5.52 Å². The van der Waals surface area contributed by atoms with E-state index < -0.39 is 23.5 Å². The lowest BCUT2D eigenvalue weighted by Gasteiger charge is -2.14. The largest absolute Gasteiger partial charge is 0.476 e. The van der Waals surface area contributed by atoms with Crippen LogP contribution < -0.4 is 10.5 Å². The Hall–Kier alpha value is -3.11. The van der Waals surface area contributed by atoms with Crippen molar-refractivity contribution >= 4 is 17.0 Å². The van der Waals surface area contributed by atoms with Crippen LogP contribution in [0.1, 0.15) is 18.1 Å². The Morgan fingerprint density at radius 3 is 2.04 bits per heavy atom. The third kappa shape index (κ3) is 3.92. The van der Waals surface area contributed by atoms with Crippen LogP contribution in [-0.2, 0) is 12.4 Å². The fraction of sp³-hybridized carbons (Fsp3) is 0.235. The van der Waals surface area contributed by atoms with E-state index in [0.29, 0.717) is 12.1 Å². The summed E-state index contributed by atoms with van der Waals surface area (Å²) in [4.78, 5) is 11.9. The van der Waals surface area contributed by atoms with Crippen molar-refractivity contribution < 1.29 is 31.1 Å². The van der Waals surface area contributed by atoms with Crippen molar-refractivity contribution in [2.45, 2.75) is 19.3 Å². The van der Waals surface area contributed by atoms with Crippen LogP contribution in [0.4, 0.5) is 32.3 Å². The van der Waals surface area contributed by atoms with Gasteiger partial charge in [-0.15, -0.1) is 0 Å². The summed E-state index contributed by atoms with van der Waals surface area (Å²) < 4.78 is 83.7. The van der Waals surface area contributed by atoms with E-state index in [-0.39, 0.29) is 46.8 Å². The zero-order valence-corrected chi connectivity index (χ0v) is 14.2. The lowest BCUT2D eigenvalue weighted by Crippen LogP contribution is -2.11. The monoisotopic (exact) mass is 402 g/mol. The number of nitrogens with two attached hydrogens (primary N) is 1. The molecule has 0 saturated carbocycles. The normalized spacial score (nSPS) is 12.4. The molecule has 2 N–H and O–H groups in total. The third-order valence-corrected chi connectivity index (χ3v) is 3.69. The second-order valence-electron chi connectivity index (χ2n) is 5.68. The predicted molar refractivity (Wildman–Crippen MR) is 88.4 cm³/mol. The first-order chi connectivity index (χ1) is 13.0. The zero-order valence-electron chi connectivity index (χ0n) is 14.2. The Kier molecular flexibility index (Phi) is 4.77. The molecule has 0 saturated heterocycles. The number of hydrogen-bond acceptors (Lipinski definition) is 5. The number of alkyl halides is 6. The molecule has 0 spiro atoms. The van der Waals surface area contributed by atoms with Crippen molar-refractivity contribution in [1.82, 2.24) is 15.0 Å². The summed E-state index contributed by atoms with van der Waals surface area (Å²) in [7, 11) is 0. The molecule has 3 aromatic rings. The van der Waals surface area contributed by atoms with E-state index in [1.165, 1.54) is 12.1 Å². The molecule has 2 heterocycles. The molecule has 0 aliphatic rings. The number of pyridine rings is 1. The van der Waals surface area contributed by atoms with Gasteiger partial charge in [0.1, 0.15) is 0 Å². The summed E-state index contributed by atoms with van der Waals surface area (Å²) in [6.45, 7) is 1.86. The Morgan fingerprint density at radius 2 is 1.50 bits per heavy atom. The molecular weight excluding hydrogens is 390 g/mol. The zero-order chi connectivity index (χ0) is 20.7. The van der Waals surface area contributed by atoms with Gasteiger partial charge in [-0.3, -0.25) is 0 Å². The molecule has 0 aliphatic carbocycles. The van der Waals surface area contributed by atoms with Crippen molar-refractivity contribution in [2.75, 3.05) is 12.3 Å². The van der Waals surface area contributed by atoms with Crippen molar-refractivity contribution in [2.24, 2.45) is 0 Å². The summed E-state index contributed by atoms with van der Waals surface area (Å²) >= 11 is 0. The van der Waals surface area contributed by atoms with E-state index in [4.69, 9.17) is 10.5 Å². The number of benzene rings is 1. The predicted octanol–water partition coefficient (Wildman–Crippen LogP) is 4.71. The molecule has 0 atom stereocenters. The molecule has 148 valence electrons. The Balaban J connectivity index is 2.24. The van der Waals surface area contributed by atoms with Crippen molar-refractivity contribution in [3.8, 4) is 17.1 Å². The van der Waals surface area contributed by atoms with E-state index in [0.717, 1.165) is 0 Å². The Labute approximate surface area is 154 Å². The summed E-state index contributed by atoms with van der Waals surface area (Å²) in [6, 6.07) is 3.87. The van der Waals surface area contributed by atoms with Gasteiger partial charge in [-0.1, -0.05) is 0 Å². The Bertz CT molecular complexity index is 1000. The minimum atomic E-state index is -4.96. The fourth-order valence-electron chi connectivity index (χ4n) is 2.51. The highest BCUT2D eigenvalue weighted by molar-refractivity contribution is 5.83. The minimum absolute atomic E-state index is 0.0186. The molecule has 5 nitrogen and oxygen atoms in total. The molecule has 0 bridgehead atoms. The third-order valence-electron chi connectivity index (χ3n) is 3.69. The second-order valence-corrected chi connectivity index (χ2v) is 5.68. The number of rotatable bonds is 3. The number of nitrogens with zero attached hydrogens (tertiary/aromatic N) is 3. The van der Waals surface area contributed by atoms with Crippen LogP contribution in [0.15, 0.2) is 30.3 Å². The van der Waals surface area contributed by atoms with Gasteiger partial charge in [0.2, 0.25) is 11.8 Å². The number of halogens is 6. The maximum Gasteiger partial charge on any atom is 0.416 e. The lowest BCUT2D eigenvalue weighted by atomic mass is 10.0. The summed E-state index contributed by atoms with van der Waals surface area (Å²) in [5.41, 5.74) is 2.52. The maximum atomic E-state index is 13.1. The number of hydrogen-bond donors (Lipinski definition) is 1. The highest BCUT2D eigenvalue weighted by Crippen LogP contribution is 2.38. The highest BCUT2D eigenvalue weighted by Gasteiger charge is 2.37. The van der Waals surface area contributed by atoms with Gasteiger partial charge in [0.05, 0.1) is 28.9 Å². The van der Waals surface area contributed by atoms with E-state index in [2.05, 4.69) is 15.0 Å². The van der Waals surface area contributed by atoms with Gasteiger partial charge in [-0.25, -0.2) is 9.97 Å². The highest BCUT2D eigenvalue weighted by atomic mass is 19.4. The van der Waals surface area contributed by atoms with Gasteiger partial charge in [0.25, 0.3) is 0 Å². The summed E-state index contributed by atoms with van der Waals surface area (Å²) in [6.07, 6.45) is -9.91. The standard InChI is InChI=1S/C17H12F6N4O/c1-2-28-14-13-12(26-15(24)27-14)4-3-11(25-13)8-5-9(16(18,19)20)7-10(6-8)17(21,22)23/h3-7H,2H2,1H3,(H2,24,26,27). The van der Waals surface area contributed by atoms with Crippen LogP contribution in [0, 0.1) is 0 Å². The van der Waals surface area contributed by atoms with Gasteiger partial charge in [0, 0.05) is 5.56 Å². The number of fused-ring (bicyclic) bond motifs is 1. The molecule has 0 aliphatic heterocycles. The van der Waals surface area contributed by atoms with Crippen LogP contribution in [0.2, 0.25) is 0 Å². The van der Waals surface area contributed by atoms with Crippen LogP contribution in [0.3, 0.4) is 0 Å². The van der Waals surface area contributed by atoms with Gasteiger partial charge >= 0.3 is 12.4 Å². The van der Waals surface area contributed by atoms with Crippen LogP contribution in [0.25, 0.3) is 22.3 Å². The van der Waals surface area contributed by atoms with Crippen molar-refractivity contribution in [1.29, 1.82) is 0 Å². The van der Waals surface area contributed by atoms with Crippen LogP contribution in [0.5, 0.6) is 5.88 Å². The quantitative estimate of drug-likeness (QED) is 0.643. The maximum absolute atomic E-state index is 13.1. The van der Waals surface area contributed by atoms with Gasteiger partial charge < -0.3 is 10.5 Å². The molecule has 0 amide bonds. The lowest BCUT2D eigenvalue weighted by molar-refractivity contribution is -0.143. The molecule has 28 heavy (non-hydrogen) atoms. The van der Waals surface area contributed by atoms with Crippen molar-refractivity contribution in [3.05, 3.63) is 41.5 Å². The first kappa shape index (κ1) is 19.6. The minimum Gasteiger partial charge on any atom is -0.476 e. The van der Waals surface area contributed by atoms with Gasteiger partial charge in [-0.05, 0) is 37.3 Å². The molecule has 0 radical (unpaired) electrons. The van der Waals surface area contributed by atoms with Crippen LogP contribution in [-0.4, -0.2) is 21.6 Å². The average molecular weight is 402 g/mol. The first-order valence-corrected chi connectivity index (χ1v) is 7.86. The molecule has 0 unspecified atom stereocenters. The molecule has 3 rings (SSSR count). The number of nitrogen functional groups attached to an aromatic ring is 1. The number of ether oxygens (including phenoxy) is 1. The van der Waals surface area contributed by atoms with E-state index in [1.54, 1.807) is 6.92 Å². The van der Waals surface area contributed by atoms with E-state index in [9.17, 15) is 26.3 Å². The smallest absolute Gasteiger partial charge is 0.416 e. The van der Waals surface area contributed by atoms with Crippen molar-refractivity contribution in [3.63, 3.8) is 0 Å². The van der Waals surface area contributed by atoms with E-state index >= 15 is 0 Å². The summed E-state index contributed by atoms with van der Waals surface area (Å²) in [5, 5.41) is 0.